The van der Waals surface area contributed by atoms with Gasteiger partial charge in [-0.2, -0.15) is 0 Å². The maximum Gasteiger partial charge on any atom is 0.600 e. The van der Waals surface area contributed by atoms with Crippen molar-refractivity contribution in [3.63, 3.8) is 0 Å². The van der Waals surface area contributed by atoms with E-state index >= 15 is 0 Å². The van der Waals surface area contributed by atoms with Gasteiger partial charge in [0.2, 0.25) is 0 Å². The fraction of sp³-hybridized carbons (Fsp3) is 0.385. The summed E-state index contributed by atoms with van der Waals surface area (Å²) in [5.74, 6) is 0. The van der Waals surface area contributed by atoms with E-state index < -0.39 is 31.6 Å². The van der Waals surface area contributed by atoms with Crippen LogP contribution in [0.25, 0.3) is 10.1 Å². The SMILES string of the molecule is CC(C)(C)c1cc2ccccc2[s+]1C(F)(F)F.[O-][Cl+3]([O-])([O-])[O-]. The third-order valence-corrected chi connectivity index (χ3v) is 5.06. The van der Waals surface area contributed by atoms with E-state index in [0.717, 1.165) is 0 Å². The van der Waals surface area contributed by atoms with Gasteiger partial charge in [-0.1, -0.05) is 32.9 Å². The van der Waals surface area contributed by atoms with Crippen LogP contribution >= 0.6 is 10.5 Å². The summed E-state index contributed by atoms with van der Waals surface area (Å²) in [6.07, 6.45) is 0. The van der Waals surface area contributed by atoms with Gasteiger partial charge < -0.3 is 0 Å². The maximum absolute atomic E-state index is 13.2. The molecule has 0 saturated heterocycles. The van der Waals surface area contributed by atoms with E-state index in [0.29, 0.717) is 15.0 Å². The van der Waals surface area contributed by atoms with Gasteiger partial charge in [0.05, 0.1) is 10.5 Å². The first-order valence-corrected chi connectivity index (χ1v) is 8.41. The first kappa shape index (κ1) is 19.1. The number of fused-ring (bicyclic) bond motifs is 1. The van der Waals surface area contributed by atoms with Gasteiger partial charge >= 0.3 is 5.51 Å². The Kier molecular flexibility index (Phi) is 5.49. The lowest BCUT2D eigenvalue weighted by atomic mass is 9.94. The molecule has 0 radical (unpaired) electrons. The van der Waals surface area contributed by atoms with Crippen molar-refractivity contribution >= 4 is 20.6 Å². The number of hydrogen-bond acceptors (Lipinski definition) is 4. The van der Waals surface area contributed by atoms with Gasteiger partial charge in [0.25, 0.3) is 0 Å². The Hall–Kier alpha value is -0.900. The Labute approximate surface area is 130 Å². The monoisotopic (exact) mass is 358 g/mol. The highest BCUT2D eigenvalue weighted by Crippen LogP contribution is 2.53. The Bertz CT molecular complexity index is 635. The third-order valence-electron chi connectivity index (χ3n) is 2.62. The third kappa shape index (κ3) is 5.38. The van der Waals surface area contributed by atoms with Crippen LogP contribution in [0.15, 0.2) is 30.3 Å². The molecule has 22 heavy (non-hydrogen) atoms. The molecule has 124 valence electrons. The summed E-state index contributed by atoms with van der Waals surface area (Å²) in [5, 5.41) is 0.707. The second-order valence-corrected chi connectivity index (χ2v) is 8.14. The van der Waals surface area contributed by atoms with Crippen molar-refractivity contribution in [3.8, 4) is 0 Å². The zero-order valence-electron chi connectivity index (χ0n) is 11.9. The van der Waals surface area contributed by atoms with Crippen molar-refractivity contribution in [2.75, 3.05) is 0 Å². The molecule has 0 saturated carbocycles. The Balaban J connectivity index is 0.000000422. The summed E-state index contributed by atoms with van der Waals surface area (Å²) >= 11 is 0. The Morgan fingerprint density at radius 1 is 0.955 bits per heavy atom. The van der Waals surface area contributed by atoms with Gasteiger partial charge in [-0.25, -0.2) is 18.6 Å². The van der Waals surface area contributed by atoms with E-state index in [-0.39, 0.29) is 0 Å². The van der Waals surface area contributed by atoms with E-state index in [1.54, 1.807) is 30.3 Å². The van der Waals surface area contributed by atoms with Gasteiger partial charge in [-0.05, 0) is 12.1 Å². The van der Waals surface area contributed by atoms with Gasteiger partial charge in [0.1, 0.15) is 0 Å². The smallest absolute Gasteiger partial charge is 0.222 e. The highest BCUT2D eigenvalue weighted by atomic mass is 35.7. The molecule has 0 aliphatic heterocycles. The predicted molar refractivity (Wildman–Crippen MR) is 66.4 cm³/mol. The van der Waals surface area contributed by atoms with E-state index in [9.17, 15) is 13.2 Å². The van der Waals surface area contributed by atoms with Crippen LogP contribution in [-0.4, -0.2) is 0 Å². The van der Waals surface area contributed by atoms with Gasteiger partial charge in [-0.15, -0.1) is 23.4 Å². The number of hydrogen-bond donors (Lipinski definition) is 0. The molecule has 0 aliphatic carbocycles. The summed E-state index contributed by atoms with van der Waals surface area (Å²) in [6.45, 7) is 5.49. The van der Waals surface area contributed by atoms with Crippen molar-refractivity contribution in [1.82, 2.24) is 0 Å². The molecule has 0 fully saturated rings. The molecule has 1 aromatic carbocycles. The van der Waals surface area contributed by atoms with Crippen molar-refractivity contribution in [1.29, 1.82) is 0 Å². The standard InChI is InChI=1S/C13H14F3S.ClHO4/c1-12(2,3)11-8-9-6-4-5-7-10(9)17(11)13(14,15)16;2-1(3,4)5/h4-8H,1-3H3;(H,2,3,4,5)/q+1;/p-1. The minimum Gasteiger partial charge on any atom is -0.222 e. The summed E-state index contributed by atoms with van der Waals surface area (Å²) < 4.78 is 74.0. The summed E-state index contributed by atoms with van der Waals surface area (Å²) in [7, 11) is -6.71. The fourth-order valence-corrected chi connectivity index (χ4v) is 4.05. The minimum absolute atomic E-state index is 0.407. The van der Waals surface area contributed by atoms with Crippen LogP contribution < -0.4 is 18.6 Å². The number of rotatable bonds is 0. The topological polar surface area (TPSA) is 92.2 Å². The first-order valence-electron chi connectivity index (χ1n) is 5.95. The molecule has 0 amide bonds. The minimum atomic E-state index is -4.94. The van der Waals surface area contributed by atoms with Crippen LogP contribution in [0, 0.1) is 10.2 Å². The normalized spacial score (nSPS) is 13.8. The van der Waals surface area contributed by atoms with Crippen LogP contribution in [0.2, 0.25) is 0 Å². The van der Waals surface area contributed by atoms with Gasteiger partial charge in [-0.3, -0.25) is 0 Å². The molecule has 4 nitrogen and oxygen atoms in total. The van der Waals surface area contributed by atoms with Crippen molar-refractivity contribution in [2.45, 2.75) is 31.7 Å². The first-order chi connectivity index (χ1) is 9.71. The molecule has 0 spiro atoms. The van der Waals surface area contributed by atoms with Crippen molar-refractivity contribution < 1.29 is 42.1 Å². The van der Waals surface area contributed by atoms with E-state index in [2.05, 4.69) is 0 Å². The second kappa shape index (κ2) is 6.31. The average molecular weight is 359 g/mol. The van der Waals surface area contributed by atoms with E-state index in [1.165, 1.54) is 0 Å². The summed E-state index contributed by atoms with van der Waals surface area (Å²) in [4.78, 5) is 0.478. The molecule has 1 unspecified atom stereocenters. The lowest BCUT2D eigenvalue weighted by Gasteiger charge is -2.17. The molecule has 2 rings (SSSR count). The van der Waals surface area contributed by atoms with E-state index in [1.807, 2.05) is 20.8 Å². The molecular formula is C13H14ClF3O4S. The zero-order chi connectivity index (χ0) is 17.3. The quantitative estimate of drug-likeness (QED) is 0.645. The average Bonchev–Trinajstić information content (AvgIpc) is 2.64. The lowest BCUT2D eigenvalue weighted by molar-refractivity contribution is -2.00. The zero-order valence-corrected chi connectivity index (χ0v) is 13.5. The predicted octanol–water partition coefficient (Wildman–Crippen LogP) is 0.607. The maximum atomic E-state index is 13.2. The van der Waals surface area contributed by atoms with Gasteiger partial charge in [0, 0.05) is 16.9 Å². The summed E-state index contributed by atoms with van der Waals surface area (Å²) in [5.41, 5.74) is -4.65. The second-order valence-electron chi connectivity index (χ2n) is 5.43. The molecule has 1 heterocycles. The van der Waals surface area contributed by atoms with Crippen LogP contribution in [-0.2, 0) is 10.9 Å². The highest BCUT2D eigenvalue weighted by molar-refractivity contribution is 7.38. The number of thiophene rings is 1. The van der Waals surface area contributed by atoms with Crippen LogP contribution in [0.3, 0.4) is 0 Å². The highest BCUT2D eigenvalue weighted by Gasteiger charge is 2.50. The molecule has 1 atom stereocenters. The van der Waals surface area contributed by atoms with Crippen LogP contribution in [0.5, 0.6) is 0 Å². The molecule has 0 aliphatic rings. The Morgan fingerprint density at radius 3 is 1.82 bits per heavy atom. The molecule has 9 heteroatoms. The van der Waals surface area contributed by atoms with E-state index in [4.69, 9.17) is 18.6 Å². The van der Waals surface area contributed by atoms with Crippen molar-refractivity contribution in [2.24, 2.45) is 0 Å². The number of alkyl halides is 3. The number of benzene rings is 1. The molecular weight excluding hydrogens is 345 g/mol. The molecule has 0 bridgehead atoms. The summed E-state index contributed by atoms with van der Waals surface area (Å²) in [6, 6.07) is 8.48. The largest absolute Gasteiger partial charge is 0.600 e. The molecule has 0 N–H and O–H groups in total. The van der Waals surface area contributed by atoms with Crippen molar-refractivity contribution in [3.05, 3.63) is 35.2 Å². The van der Waals surface area contributed by atoms with Crippen LogP contribution in [0.4, 0.5) is 13.2 Å². The number of halogens is 4. The Morgan fingerprint density at radius 2 is 1.41 bits per heavy atom. The van der Waals surface area contributed by atoms with Crippen LogP contribution in [0.1, 0.15) is 25.6 Å². The van der Waals surface area contributed by atoms with Gasteiger partial charge in [0.15, 0.2) is 9.58 Å². The fourth-order valence-electron chi connectivity index (χ4n) is 1.88. The molecule has 2 aromatic rings. The molecule has 1 aromatic heterocycles. The lowest BCUT2D eigenvalue weighted by Crippen LogP contribution is -2.68.